The fourth-order valence-electron chi connectivity index (χ4n) is 7.10. The first-order valence-corrected chi connectivity index (χ1v) is 23.3. The molecule has 3 unspecified atom stereocenters. The quantitative estimate of drug-likeness (QED) is 0.0753. The highest BCUT2D eigenvalue weighted by Crippen LogP contribution is 2.47. The maximum Gasteiger partial charge on any atom is 0.435 e. The summed E-state index contributed by atoms with van der Waals surface area (Å²) in [6.45, 7) is 3.79. The van der Waals surface area contributed by atoms with Crippen LogP contribution in [0.1, 0.15) is 74.1 Å². The highest BCUT2D eigenvalue weighted by atomic mass is 35.5. The van der Waals surface area contributed by atoms with Gasteiger partial charge < -0.3 is 10.4 Å². The van der Waals surface area contributed by atoms with Crippen LogP contribution < -0.4 is 9.62 Å². The largest absolute Gasteiger partial charge is 0.474 e. The molecule has 366 valence electrons. The lowest BCUT2D eigenvalue weighted by atomic mass is 9.93. The summed E-state index contributed by atoms with van der Waals surface area (Å²) >= 11 is 6.51. The number of fused-ring (bicyclic) bond motifs is 2. The van der Waals surface area contributed by atoms with Crippen LogP contribution in [0, 0.1) is 23.5 Å². The molecule has 68 heavy (non-hydrogen) atoms. The van der Waals surface area contributed by atoms with Crippen LogP contribution in [-0.4, -0.2) is 79.3 Å². The second-order valence-electron chi connectivity index (χ2n) is 15.2. The molecule has 0 bridgehead atoms. The van der Waals surface area contributed by atoms with Crippen molar-refractivity contribution in [3.05, 3.63) is 93.0 Å². The van der Waals surface area contributed by atoms with Crippen molar-refractivity contribution < 1.29 is 71.8 Å². The van der Waals surface area contributed by atoms with E-state index in [1.165, 1.54) is 32.2 Å². The molecule has 0 saturated heterocycles. The number of alkyl halides is 8. The van der Waals surface area contributed by atoms with Gasteiger partial charge in [-0.2, -0.15) is 49.6 Å². The summed E-state index contributed by atoms with van der Waals surface area (Å²) in [6, 6.07) is 5.05. The lowest BCUT2D eigenvalue weighted by Gasteiger charge is -2.23. The van der Waals surface area contributed by atoms with E-state index >= 15 is 8.78 Å². The fourth-order valence-corrected chi connectivity index (χ4v) is 8.21. The Labute approximate surface area is 390 Å². The smallest absolute Gasteiger partial charge is 0.435 e. The number of carbonyl (C=O) groups excluding carboxylic acids is 2. The summed E-state index contributed by atoms with van der Waals surface area (Å²) in [4.78, 5) is 43.2. The van der Waals surface area contributed by atoms with Crippen LogP contribution in [0.4, 0.5) is 49.7 Å². The fraction of sp³-hybridized carbons (Fsp3) is 0.381. The maximum absolute atomic E-state index is 15.1. The Bertz CT molecular complexity index is 2910. The number of benzene rings is 2. The lowest BCUT2D eigenvalue weighted by molar-refractivity contribution is -0.148. The second-order valence-corrected chi connectivity index (χ2v) is 18.8. The first kappa shape index (κ1) is 53.1. The third-order valence-corrected chi connectivity index (χ3v) is 12.8. The number of carboxylic acids is 1. The third kappa shape index (κ3) is 11.5. The first-order valence-electron chi connectivity index (χ1n) is 19.8. The highest BCUT2D eigenvalue weighted by molar-refractivity contribution is 7.86. The minimum atomic E-state index is -5.21. The normalized spacial score (nSPS) is 14.8. The Morgan fingerprint density at radius 1 is 0.956 bits per heavy atom. The van der Waals surface area contributed by atoms with E-state index < -0.39 is 157 Å². The molecule has 0 fully saturated rings. The number of halogens is 11. The summed E-state index contributed by atoms with van der Waals surface area (Å²) in [5.41, 5.74) is -5.62. The average Bonchev–Trinajstić information content (AvgIpc) is 3.88. The number of nitrogens with one attached hydrogen (secondary N) is 1. The topological polar surface area (TPSA) is 169 Å². The van der Waals surface area contributed by atoms with Crippen molar-refractivity contribution in [2.24, 2.45) is 0 Å². The molecule has 0 spiro atoms. The van der Waals surface area contributed by atoms with E-state index in [4.69, 9.17) is 11.6 Å². The van der Waals surface area contributed by atoms with Crippen molar-refractivity contribution >= 4 is 67.9 Å². The molecule has 6 rings (SSSR count). The first-order chi connectivity index (χ1) is 31.5. The molecule has 0 radical (unpaired) electrons. The number of amides is 2. The number of anilines is 1. The van der Waals surface area contributed by atoms with E-state index in [-0.39, 0.29) is 36.1 Å². The van der Waals surface area contributed by atoms with Gasteiger partial charge in [-0.3, -0.25) is 23.2 Å². The van der Waals surface area contributed by atoms with E-state index in [2.05, 4.69) is 32.3 Å². The van der Waals surface area contributed by atoms with Gasteiger partial charge in [-0.1, -0.05) is 37.4 Å². The predicted molar refractivity (Wildman–Crippen MR) is 230 cm³/mol. The highest BCUT2D eigenvalue weighted by Gasteiger charge is 2.50. The van der Waals surface area contributed by atoms with Crippen molar-refractivity contribution in [1.29, 1.82) is 0 Å². The number of carboxylic acid groups (broad SMARTS) is 1. The monoisotopic (exact) mass is 1030 g/mol. The summed E-state index contributed by atoms with van der Waals surface area (Å²) in [6.07, 6.45) is -10.5. The standard InChI is InChI=1S/C40H32ClF10N7O6S2.C2H6/c1-37(2,65(3)63)11-9-22-5-6-23(24-7-8-26(41)29-31(24)57(18-39(46,47)48)55-34(29)58(66(4)64)35(60)36(61)62)30(52-22)27(15-19-13-20(42)16-21(43)14-19)53-28(59)17-56-33-25(10-12-38(33,44)45)32(54-56)40(49,50)51;1-2/h5-8,13-14,16,27H,10,12,15,17-18H2,1-4H3,(H,53,59)(H,61,62);1-2H3. The number of aromatic nitrogens is 5. The number of hydrogen-bond donors (Lipinski definition) is 2. The van der Waals surface area contributed by atoms with E-state index in [1.807, 2.05) is 13.8 Å². The van der Waals surface area contributed by atoms with Crippen molar-refractivity contribution in [3.8, 4) is 23.0 Å². The molecule has 2 aromatic carbocycles. The van der Waals surface area contributed by atoms with Gasteiger partial charge >= 0.3 is 24.2 Å². The summed E-state index contributed by atoms with van der Waals surface area (Å²) in [5.74, 6) is -6.92. The minimum absolute atomic E-state index is 0.0752. The van der Waals surface area contributed by atoms with Gasteiger partial charge in [0.2, 0.25) is 5.91 Å². The molecule has 3 atom stereocenters. The third-order valence-electron chi connectivity index (χ3n) is 10.1. The van der Waals surface area contributed by atoms with Crippen LogP contribution in [-0.2, 0) is 74.2 Å². The van der Waals surface area contributed by atoms with Gasteiger partial charge in [0.15, 0.2) is 11.5 Å². The van der Waals surface area contributed by atoms with E-state index in [0.29, 0.717) is 6.07 Å². The van der Waals surface area contributed by atoms with Crippen molar-refractivity contribution in [3.63, 3.8) is 0 Å². The van der Waals surface area contributed by atoms with Crippen LogP contribution in [0.3, 0.4) is 0 Å². The zero-order chi connectivity index (χ0) is 51.0. The maximum atomic E-state index is 15.1. The number of nitrogens with zero attached hydrogens (tertiary/aromatic N) is 6. The van der Waals surface area contributed by atoms with Crippen LogP contribution in [0.25, 0.3) is 22.0 Å². The number of pyridine rings is 1. The lowest BCUT2D eigenvalue weighted by Crippen LogP contribution is -2.38. The Balaban J connectivity index is 0.00000426. The molecule has 26 heteroatoms. The molecule has 3 heterocycles. The van der Waals surface area contributed by atoms with Gasteiger partial charge in [0.05, 0.1) is 27.7 Å². The van der Waals surface area contributed by atoms with Gasteiger partial charge in [0.25, 0.3) is 5.92 Å². The molecule has 0 saturated carbocycles. The molecular weight excluding hydrogens is 988 g/mol. The molecule has 1 aliphatic rings. The SMILES string of the molecule is CC.CS(=O)N(C(=O)C(=O)O)c1nn(CC(F)(F)F)c2c(-c3ccc(C#CC(C)(C)S(C)=O)nc3C(Cc3cc(F)cc(F)c3)NC(=O)Cn3nc(C(F)(F)F)c4c3C(F)(F)CC4)ccc(Cl)c12. The Hall–Kier alpha value is -5.87. The van der Waals surface area contributed by atoms with Crippen LogP contribution >= 0.6 is 11.6 Å². The number of aliphatic carboxylic acids is 1. The summed E-state index contributed by atoms with van der Waals surface area (Å²) in [5, 5.41) is 18.1. The molecule has 3 aromatic heterocycles. The van der Waals surface area contributed by atoms with Gasteiger partial charge in [-0.25, -0.2) is 22.8 Å². The number of rotatable bonds is 11. The summed E-state index contributed by atoms with van der Waals surface area (Å²) < 4.78 is 169. The zero-order valence-electron chi connectivity index (χ0n) is 36.3. The number of carbonyl (C=O) groups is 3. The molecule has 2 N–H and O–H groups in total. The van der Waals surface area contributed by atoms with Crippen LogP contribution in [0.5, 0.6) is 0 Å². The Morgan fingerprint density at radius 2 is 1.57 bits per heavy atom. The molecular formula is C42H38ClF10N7O6S2. The minimum Gasteiger partial charge on any atom is -0.474 e. The molecule has 5 aromatic rings. The van der Waals surface area contributed by atoms with Gasteiger partial charge in [-0.15, -0.1) is 0 Å². The Morgan fingerprint density at radius 3 is 2.13 bits per heavy atom. The van der Waals surface area contributed by atoms with Crippen molar-refractivity contribution in [2.75, 3.05) is 16.8 Å². The van der Waals surface area contributed by atoms with Crippen LogP contribution in [0.2, 0.25) is 5.02 Å². The van der Waals surface area contributed by atoms with Crippen molar-refractivity contribution in [1.82, 2.24) is 29.9 Å². The second kappa shape index (κ2) is 20.0. The molecule has 13 nitrogen and oxygen atoms in total. The Kier molecular flexibility index (Phi) is 15.6. The predicted octanol–water partition coefficient (Wildman–Crippen LogP) is 8.19. The van der Waals surface area contributed by atoms with Gasteiger partial charge in [-0.05, 0) is 68.5 Å². The van der Waals surface area contributed by atoms with Gasteiger partial charge in [0.1, 0.15) is 51.8 Å². The van der Waals surface area contributed by atoms with Crippen LogP contribution in [0.15, 0.2) is 42.5 Å². The van der Waals surface area contributed by atoms with Crippen molar-refractivity contribution in [2.45, 2.75) is 89.1 Å². The van der Waals surface area contributed by atoms with E-state index in [1.54, 1.807) is 0 Å². The molecule has 1 aliphatic carbocycles. The zero-order valence-corrected chi connectivity index (χ0v) is 38.7. The van der Waals surface area contributed by atoms with E-state index in [0.717, 1.165) is 30.5 Å². The van der Waals surface area contributed by atoms with Gasteiger partial charge in [0, 0.05) is 52.5 Å². The molecule has 2 amide bonds. The summed E-state index contributed by atoms with van der Waals surface area (Å²) in [7, 11) is -4.17. The average molecular weight is 1030 g/mol. The number of hydrogen-bond acceptors (Lipinski definition) is 8. The van der Waals surface area contributed by atoms with E-state index in [9.17, 15) is 63.0 Å². The molecule has 0 aliphatic heterocycles.